The lowest BCUT2D eigenvalue weighted by Crippen LogP contribution is -2.15. The fourth-order valence-electron chi connectivity index (χ4n) is 7.20. The zero-order valence-corrected chi connectivity index (χ0v) is 50.9. The van der Waals surface area contributed by atoms with E-state index in [1.165, 1.54) is 42.9 Å². The smallest absolute Gasteiger partial charge is 0.274 e. The third-order valence-corrected chi connectivity index (χ3v) is 16.4. The molecular weight excluding hydrogens is 1170 g/mol. The van der Waals surface area contributed by atoms with Crippen LogP contribution in [0.4, 0.5) is 0 Å². The molecule has 0 unspecified atom stereocenters. The molecule has 0 saturated carbocycles. The SMILES string of the molecule is CC1=C(C#N)C=NC1.CC1=NCC(C)=C1Br.COc1ccc(C2=C(C)CN=C2)cc1.Cc1[nH]n(-c2ccccc2)c(=O)c1C.Cc1c(Br)cnn1C.Cc1c2sccc2nn1-c1ccccc1.Cc1nn(C)c(C)c1Br. The molecule has 0 bridgehead atoms. The largest absolute Gasteiger partial charge is 0.497 e. The molecule has 11 rings (SSSR count). The number of hydrogen-bond acceptors (Lipinski definition) is 10. The van der Waals surface area contributed by atoms with Gasteiger partial charge in [-0.25, -0.2) is 9.36 Å². The van der Waals surface area contributed by atoms with Gasteiger partial charge in [-0.2, -0.15) is 20.6 Å². The van der Waals surface area contributed by atoms with Gasteiger partial charge in [-0.15, -0.1) is 11.3 Å². The highest BCUT2D eigenvalue weighted by Gasteiger charge is 2.11. The molecule has 14 nitrogen and oxygen atoms in total. The van der Waals surface area contributed by atoms with Gasteiger partial charge in [-0.05, 0) is 187 Å². The summed E-state index contributed by atoms with van der Waals surface area (Å²) in [5.41, 5.74) is 17.4. The fourth-order valence-corrected chi connectivity index (χ4v) is 8.95. The molecule has 3 aromatic carbocycles. The molecule has 0 aliphatic carbocycles. The van der Waals surface area contributed by atoms with Crippen molar-refractivity contribution in [2.45, 2.75) is 69.2 Å². The Morgan fingerprint density at radius 3 is 1.68 bits per heavy atom. The number of rotatable bonds is 4. The molecule has 18 heteroatoms. The van der Waals surface area contributed by atoms with Gasteiger partial charge in [0.25, 0.3) is 5.56 Å². The molecule has 3 aliphatic rings. The van der Waals surface area contributed by atoms with E-state index < -0.39 is 0 Å². The molecule has 76 heavy (non-hydrogen) atoms. The molecular formula is C58H65Br3N12O2S. The van der Waals surface area contributed by atoms with Crippen LogP contribution in [-0.4, -0.2) is 84.0 Å². The van der Waals surface area contributed by atoms with Gasteiger partial charge < -0.3 is 4.74 Å². The molecule has 0 spiro atoms. The first-order valence-electron chi connectivity index (χ1n) is 24.2. The van der Waals surface area contributed by atoms with Gasteiger partial charge in [0.1, 0.15) is 17.3 Å². The van der Waals surface area contributed by atoms with Crippen molar-refractivity contribution < 1.29 is 4.74 Å². The van der Waals surface area contributed by atoms with Crippen molar-refractivity contribution in [1.82, 2.24) is 39.1 Å². The molecule has 0 atom stereocenters. The first-order valence-corrected chi connectivity index (χ1v) is 27.5. The summed E-state index contributed by atoms with van der Waals surface area (Å²) in [6, 6.07) is 32.0. The highest BCUT2D eigenvalue weighted by Crippen LogP contribution is 2.26. The Hall–Kier alpha value is -6.78. The van der Waals surface area contributed by atoms with E-state index in [1.807, 2.05) is 150 Å². The molecule has 0 amide bonds. The van der Waals surface area contributed by atoms with E-state index in [2.05, 4.69) is 140 Å². The number of methoxy groups -OCH3 is 1. The van der Waals surface area contributed by atoms with Crippen LogP contribution in [0, 0.1) is 52.9 Å². The maximum absolute atomic E-state index is 11.7. The number of H-pyrrole nitrogens is 1. The highest BCUT2D eigenvalue weighted by atomic mass is 79.9. The monoisotopic (exact) mass is 1230 g/mol. The van der Waals surface area contributed by atoms with Crippen molar-refractivity contribution in [2.75, 3.05) is 26.7 Å². The van der Waals surface area contributed by atoms with E-state index in [-0.39, 0.29) is 5.56 Å². The lowest BCUT2D eigenvalue weighted by atomic mass is 10.0. The van der Waals surface area contributed by atoms with Crippen molar-refractivity contribution in [2.24, 2.45) is 29.1 Å². The van der Waals surface area contributed by atoms with Gasteiger partial charge in [0.15, 0.2) is 0 Å². The number of aromatic amines is 1. The Labute approximate surface area is 475 Å². The Balaban J connectivity index is 0.000000167. The van der Waals surface area contributed by atoms with Crippen molar-refractivity contribution in [1.29, 1.82) is 5.26 Å². The molecule has 0 fully saturated rings. The number of hydrogen-bond donors (Lipinski definition) is 1. The van der Waals surface area contributed by atoms with Crippen LogP contribution < -0.4 is 10.3 Å². The number of nitrogens with one attached hydrogen (secondary N) is 1. The zero-order valence-electron chi connectivity index (χ0n) is 45.4. The molecule has 3 aliphatic heterocycles. The van der Waals surface area contributed by atoms with Crippen LogP contribution in [0.1, 0.15) is 67.3 Å². The summed E-state index contributed by atoms with van der Waals surface area (Å²) in [6.07, 6.45) is 5.35. The second-order valence-electron chi connectivity index (χ2n) is 17.8. The van der Waals surface area contributed by atoms with Gasteiger partial charge in [-0.1, -0.05) is 48.5 Å². The second-order valence-corrected chi connectivity index (χ2v) is 21.1. The van der Waals surface area contributed by atoms with Gasteiger partial charge in [-0.3, -0.25) is 34.2 Å². The summed E-state index contributed by atoms with van der Waals surface area (Å²) in [7, 11) is 5.53. The molecule has 8 aromatic rings. The van der Waals surface area contributed by atoms with Gasteiger partial charge in [0.2, 0.25) is 0 Å². The number of ether oxygens (including phenoxy) is 1. The van der Waals surface area contributed by atoms with Crippen LogP contribution in [0.3, 0.4) is 0 Å². The third kappa shape index (κ3) is 16.1. The number of allylic oxidation sites excluding steroid dienone is 3. The standard InChI is InChI=1S/C12H10N2S.C12H13NO.C11H12N2O.C6H9BrN2.C6H8BrN.C6H6N2.C5H7BrN2/c1-9-12-11(7-8-15-12)13-14(9)10-5-3-2-4-6-10;1-9-7-13-8-12(9)10-3-5-11(14-2)6-4-10;1-8-9(2)12-13(11(8)14)10-6-4-3-5-7-10;1-4-6(7)5(2)9(3)8-4;1-4-3-8-5(2)6(4)7;1-5-3-8-4-6(5)2-7;1-4-5(6)3-7-8(4)2/h2-8H,1H3;3-6,8H,7H2,1-2H3;3-7,12H,1-2H3;1-3H3;3H2,1-2H3;4H,3H2,1H3;3H,1-2H3. The minimum absolute atomic E-state index is 0.0219. The number of halogens is 3. The summed E-state index contributed by atoms with van der Waals surface area (Å²) in [6.45, 7) is 22.4. The molecule has 0 saturated heterocycles. The van der Waals surface area contributed by atoms with Crippen molar-refractivity contribution >= 4 is 93.1 Å². The predicted molar refractivity (Wildman–Crippen MR) is 326 cm³/mol. The van der Waals surface area contributed by atoms with Crippen LogP contribution in [-0.2, 0) is 14.1 Å². The normalized spacial score (nSPS) is 13.0. The number of aryl methyl sites for hydroxylation is 5. The van der Waals surface area contributed by atoms with Gasteiger partial charge in [0.05, 0.1) is 74.9 Å². The Morgan fingerprint density at radius 2 is 1.32 bits per heavy atom. The molecule has 0 radical (unpaired) electrons. The van der Waals surface area contributed by atoms with E-state index in [0.717, 1.165) is 84.2 Å². The Bertz CT molecular complexity index is 3480. The number of aromatic nitrogens is 8. The number of fused-ring (bicyclic) bond motifs is 1. The van der Waals surface area contributed by atoms with Crippen molar-refractivity contribution in [3.63, 3.8) is 0 Å². The molecule has 8 heterocycles. The summed E-state index contributed by atoms with van der Waals surface area (Å²) in [5.74, 6) is 0.891. The molecule has 396 valence electrons. The van der Waals surface area contributed by atoms with Crippen LogP contribution >= 0.6 is 59.1 Å². The van der Waals surface area contributed by atoms with E-state index in [4.69, 9.17) is 10.00 Å². The van der Waals surface area contributed by atoms with Gasteiger partial charge in [0, 0.05) is 64.9 Å². The zero-order chi connectivity index (χ0) is 55.6. The van der Waals surface area contributed by atoms with Gasteiger partial charge >= 0.3 is 0 Å². The van der Waals surface area contributed by atoms with Crippen LogP contribution in [0.25, 0.3) is 27.2 Å². The van der Waals surface area contributed by atoms with Crippen LogP contribution in [0.2, 0.25) is 0 Å². The average Bonchev–Trinajstić information content (AvgIpc) is 4.36. The number of aliphatic imine (C=N–C) groups is 3. The molecule has 5 aromatic heterocycles. The third-order valence-electron chi connectivity index (χ3n) is 12.3. The second kappa shape index (κ2) is 28.9. The quantitative estimate of drug-likeness (QED) is 0.184. The van der Waals surface area contributed by atoms with E-state index in [0.29, 0.717) is 6.54 Å². The predicted octanol–water partition coefficient (Wildman–Crippen LogP) is 14.1. The molecule has 1 N–H and O–H groups in total. The lowest BCUT2D eigenvalue weighted by molar-refractivity contribution is 0.415. The number of thiophene rings is 1. The number of nitriles is 1. The van der Waals surface area contributed by atoms with Crippen molar-refractivity contribution in [3.8, 4) is 23.2 Å². The summed E-state index contributed by atoms with van der Waals surface area (Å²) < 4.78 is 17.0. The fraction of sp³-hybridized carbons (Fsp3) is 0.276. The number of nitrogens with zero attached hydrogens (tertiary/aromatic N) is 11. The summed E-state index contributed by atoms with van der Waals surface area (Å²) >= 11 is 11.9. The maximum Gasteiger partial charge on any atom is 0.274 e. The minimum Gasteiger partial charge on any atom is -0.497 e. The number of benzene rings is 3. The van der Waals surface area contributed by atoms with Crippen LogP contribution in [0.15, 0.2) is 158 Å². The summed E-state index contributed by atoms with van der Waals surface area (Å²) in [4.78, 5) is 24.0. The topological polar surface area (TPSA) is 161 Å². The van der Waals surface area contributed by atoms with E-state index in [1.54, 1.807) is 35.5 Å². The van der Waals surface area contributed by atoms with Crippen LogP contribution in [0.5, 0.6) is 5.75 Å². The Morgan fingerprint density at radius 1 is 0.697 bits per heavy atom. The Kier molecular flexibility index (Phi) is 22.9. The number of para-hydroxylation sites is 2. The lowest BCUT2D eigenvalue weighted by Gasteiger charge is -2.03. The summed E-state index contributed by atoms with van der Waals surface area (Å²) in [5, 5.41) is 26.2. The highest BCUT2D eigenvalue weighted by molar-refractivity contribution is 9.12. The average molecular weight is 1230 g/mol. The first kappa shape index (κ1) is 60.1. The van der Waals surface area contributed by atoms with E-state index >= 15 is 0 Å². The minimum atomic E-state index is 0.0219. The van der Waals surface area contributed by atoms with Crippen molar-refractivity contribution in [3.05, 3.63) is 188 Å². The maximum atomic E-state index is 11.7. The van der Waals surface area contributed by atoms with E-state index in [9.17, 15) is 4.79 Å². The first-order chi connectivity index (χ1) is 36.3.